The Morgan fingerprint density at radius 1 is 1.18 bits per heavy atom. The number of phenolic OH excluding ortho intramolecular Hbond substituents is 1. The molecule has 1 aromatic heterocycles. The molecule has 17 heavy (non-hydrogen) atoms. The summed E-state index contributed by atoms with van der Waals surface area (Å²) in [5.41, 5.74) is 3.00. The minimum absolute atomic E-state index is 0.171. The summed E-state index contributed by atoms with van der Waals surface area (Å²) >= 11 is 6.00. The molecule has 0 fully saturated rings. The molecule has 0 radical (unpaired) electrons. The zero-order valence-corrected chi connectivity index (χ0v) is 10.1. The molecule has 2 aromatic rings. The molecule has 0 atom stereocenters. The lowest BCUT2D eigenvalue weighted by Gasteiger charge is -1.99. The summed E-state index contributed by atoms with van der Waals surface area (Å²) in [4.78, 5) is 4.11. The lowest BCUT2D eigenvalue weighted by Crippen LogP contribution is -1.79. The lowest BCUT2D eigenvalue weighted by molar-refractivity contribution is 0.475. The number of rotatable bonds is 2. The van der Waals surface area contributed by atoms with E-state index < -0.39 is 0 Å². The molecule has 0 aliphatic carbocycles. The third-order valence-corrected chi connectivity index (χ3v) is 2.66. The van der Waals surface area contributed by atoms with Crippen LogP contribution in [0.1, 0.15) is 16.7 Å². The van der Waals surface area contributed by atoms with Crippen molar-refractivity contribution in [2.24, 2.45) is 0 Å². The van der Waals surface area contributed by atoms with E-state index in [1.165, 1.54) is 6.07 Å². The lowest BCUT2D eigenvalue weighted by atomic mass is 10.1. The van der Waals surface area contributed by atoms with E-state index in [0.717, 1.165) is 16.7 Å². The highest BCUT2D eigenvalue weighted by Crippen LogP contribution is 2.23. The van der Waals surface area contributed by atoms with Crippen LogP contribution >= 0.6 is 11.6 Å². The fourth-order valence-corrected chi connectivity index (χ4v) is 1.74. The number of nitrogens with zero attached hydrogens (tertiary/aromatic N) is 1. The Kier molecular flexibility index (Phi) is 3.45. The first-order valence-corrected chi connectivity index (χ1v) is 5.61. The molecule has 0 bridgehead atoms. The first-order valence-electron chi connectivity index (χ1n) is 5.23. The van der Waals surface area contributed by atoms with Crippen molar-refractivity contribution in [2.45, 2.75) is 6.92 Å². The van der Waals surface area contributed by atoms with Gasteiger partial charge in [0, 0.05) is 12.4 Å². The zero-order chi connectivity index (χ0) is 12.3. The van der Waals surface area contributed by atoms with E-state index in [1.807, 2.05) is 31.3 Å². The van der Waals surface area contributed by atoms with Crippen LogP contribution in [0.3, 0.4) is 0 Å². The van der Waals surface area contributed by atoms with Crippen LogP contribution in [0.5, 0.6) is 5.75 Å². The first kappa shape index (κ1) is 11.7. The Morgan fingerprint density at radius 2 is 2.00 bits per heavy atom. The van der Waals surface area contributed by atoms with Gasteiger partial charge < -0.3 is 5.11 Å². The number of halogens is 1. The van der Waals surface area contributed by atoms with Gasteiger partial charge in [0.05, 0.1) is 5.02 Å². The topological polar surface area (TPSA) is 33.1 Å². The van der Waals surface area contributed by atoms with Crippen LogP contribution in [0, 0.1) is 6.92 Å². The van der Waals surface area contributed by atoms with Gasteiger partial charge in [0.25, 0.3) is 0 Å². The molecule has 2 nitrogen and oxygen atoms in total. The smallest absolute Gasteiger partial charge is 0.117 e. The Bertz CT molecular complexity index is 564. The predicted molar refractivity (Wildman–Crippen MR) is 71.0 cm³/mol. The summed E-state index contributed by atoms with van der Waals surface area (Å²) in [5, 5.41) is 9.77. The normalized spacial score (nSPS) is 10.9. The number of benzene rings is 1. The van der Waals surface area contributed by atoms with Gasteiger partial charge in [-0.2, -0.15) is 0 Å². The van der Waals surface area contributed by atoms with Gasteiger partial charge in [-0.05, 0) is 47.9 Å². The Morgan fingerprint density at radius 3 is 2.71 bits per heavy atom. The summed E-state index contributed by atoms with van der Waals surface area (Å²) in [6.07, 6.45) is 7.44. The fourth-order valence-electron chi connectivity index (χ4n) is 1.51. The van der Waals surface area contributed by atoms with E-state index in [2.05, 4.69) is 4.98 Å². The van der Waals surface area contributed by atoms with Gasteiger partial charge in [0.2, 0.25) is 0 Å². The SMILES string of the molecule is Cc1cncc(/C=C/c2ccc(O)cc2Cl)c1. The number of hydrogen-bond acceptors (Lipinski definition) is 2. The van der Waals surface area contributed by atoms with Crippen molar-refractivity contribution in [1.29, 1.82) is 0 Å². The number of phenols is 1. The van der Waals surface area contributed by atoms with Crippen molar-refractivity contribution in [2.75, 3.05) is 0 Å². The Labute approximate surface area is 105 Å². The third-order valence-electron chi connectivity index (χ3n) is 2.34. The number of aryl methyl sites for hydroxylation is 1. The molecule has 0 unspecified atom stereocenters. The number of aromatic hydroxyl groups is 1. The highest BCUT2D eigenvalue weighted by Gasteiger charge is 1.97. The molecule has 0 spiro atoms. The van der Waals surface area contributed by atoms with Crippen LogP contribution in [0.25, 0.3) is 12.2 Å². The van der Waals surface area contributed by atoms with Gasteiger partial charge in [-0.3, -0.25) is 4.98 Å². The molecule has 1 aromatic carbocycles. The maximum Gasteiger partial charge on any atom is 0.117 e. The second-order valence-corrected chi connectivity index (χ2v) is 4.24. The second-order valence-electron chi connectivity index (χ2n) is 3.83. The van der Waals surface area contributed by atoms with Crippen LogP contribution in [-0.2, 0) is 0 Å². The van der Waals surface area contributed by atoms with Gasteiger partial charge in [-0.15, -0.1) is 0 Å². The molecule has 0 saturated heterocycles. The Balaban J connectivity index is 2.26. The van der Waals surface area contributed by atoms with Crippen molar-refractivity contribution < 1.29 is 5.11 Å². The highest BCUT2D eigenvalue weighted by atomic mass is 35.5. The van der Waals surface area contributed by atoms with E-state index in [0.29, 0.717) is 5.02 Å². The highest BCUT2D eigenvalue weighted by molar-refractivity contribution is 6.32. The van der Waals surface area contributed by atoms with Crippen molar-refractivity contribution >= 4 is 23.8 Å². The first-order chi connectivity index (χ1) is 8.15. The predicted octanol–water partition coefficient (Wildman–Crippen LogP) is 3.92. The standard InChI is InChI=1S/C14H12ClNO/c1-10-6-11(9-16-8-10)2-3-12-4-5-13(17)7-14(12)15/h2-9,17H,1H3/b3-2+. The molecule has 0 saturated carbocycles. The maximum absolute atomic E-state index is 9.24. The molecule has 3 heteroatoms. The number of aromatic nitrogens is 1. The maximum atomic E-state index is 9.24. The summed E-state index contributed by atoms with van der Waals surface area (Å²) < 4.78 is 0. The summed E-state index contributed by atoms with van der Waals surface area (Å²) in [6, 6.07) is 6.95. The van der Waals surface area contributed by atoms with Gasteiger partial charge in [0.15, 0.2) is 0 Å². The quantitative estimate of drug-likeness (QED) is 0.870. The van der Waals surface area contributed by atoms with Gasteiger partial charge in [0.1, 0.15) is 5.75 Å². The molecule has 1 heterocycles. The van der Waals surface area contributed by atoms with Crippen molar-refractivity contribution in [3.63, 3.8) is 0 Å². The van der Waals surface area contributed by atoms with Crippen LogP contribution in [0.15, 0.2) is 36.7 Å². The van der Waals surface area contributed by atoms with E-state index in [1.54, 1.807) is 18.3 Å². The molecular formula is C14H12ClNO. The third kappa shape index (κ3) is 3.08. The molecule has 1 N–H and O–H groups in total. The molecule has 0 amide bonds. The Hall–Kier alpha value is -1.80. The monoisotopic (exact) mass is 245 g/mol. The van der Waals surface area contributed by atoms with Gasteiger partial charge >= 0.3 is 0 Å². The molecule has 86 valence electrons. The van der Waals surface area contributed by atoms with E-state index in [4.69, 9.17) is 11.6 Å². The second kappa shape index (κ2) is 5.02. The van der Waals surface area contributed by atoms with Crippen molar-refractivity contribution in [3.05, 3.63) is 58.4 Å². The van der Waals surface area contributed by atoms with E-state index >= 15 is 0 Å². The average molecular weight is 246 g/mol. The molecule has 0 aliphatic heterocycles. The number of pyridine rings is 1. The van der Waals surface area contributed by atoms with Crippen LogP contribution in [0.2, 0.25) is 5.02 Å². The van der Waals surface area contributed by atoms with Crippen LogP contribution < -0.4 is 0 Å². The minimum atomic E-state index is 0.171. The average Bonchev–Trinajstić information content (AvgIpc) is 2.28. The zero-order valence-electron chi connectivity index (χ0n) is 9.39. The minimum Gasteiger partial charge on any atom is -0.508 e. The van der Waals surface area contributed by atoms with E-state index in [-0.39, 0.29) is 5.75 Å². The largest absolute Gasteiger partial charge is 0.508 e. The summed E-state index contributed by atoms with van der Waals surface area (Å²) in [6.45, 7) is 2.00. The van der Waals surface area contributed by atoms with E-state index in [9.17, 15) is 5.11 Å². The summed E-state index contributed by atoms with van der Waals surface area (Å²) in [5.74, 6) is 0.171. The number of hydrogen-bond donors (Lipinski definition) is 1. The van der Waals surface area contributed by atoms with Gasteiger partial charge in [-0.1, -0.05) is 23.8 Å². The fraction of sp³-hybridized carbons (Fsp3) is 0.0714. The summed E-state index contributed by atoms with van der Waals surface area (Å²) in [7, 11) is 0. The van der Waals surface area contributed by atoms with Crippen molar-refractivity contribution in [1.82, 2.24) is 4.98 Å². The molecule has 2 rings (SSSR count). The van der Waals surface area contributed by atoms with Gasteiger partial charge in [-0.25, -0.2) is 0 Å². The van der Waals surface area contributed by atoms with Crippen LogP contribution in [-0.4, -0.2) is 10.1 Å². The van der Waals surface area contributed by atoms with Crippen molar-refractivity contribution in [3.8, 4) is 5.75 Å². The van der Waals surface area contributed by atoms with Crippen LogP contribution in [0.4, 0.5) is 0 Å². The molecule has 0 aliphatic rings. The molecular weight excluding hydrogens is 234 g/mol.